The molecule has 10 N–H and O–H groups in total. The number of aromatic amines is 4. The van der Waals surface area contributed by atoms with Gasteiger partial charge in [0.25, 0.3) is 0 Å². The monoisotopic (exact) mass is 1590 g/mol. The van der Waals surface area contributed by atoms with Crippen molar-refractivity contribution < 1.29 is 43.0 Å². The molecule has 616 valence electrons. The number of rotatable bonds is 41. The summed E-state index contributed by atoms with van der Waals surface area (Å²) in [5.41, 5.74) is 24.6. The Kier molecular flexibility index (Phi) is 28.2. The Bertz CT molecular complexity index is 5210. The number of amides is 7. The molecule has 7 amide bonds. The average Bonchev–Trinajstić information content (AvgIpc) is 1.64. The normalized spacial score (nSPS) is 13.4. The van der Waals surface area contributed by atoms with Gasteiger partial charge in [0, 0.05) is 164 Å². The van der Waals surface area contributed by atoms with E-state index in [1.165, 1.54) is 42.9 Å². The predicted molar refractivity (Wildman–Crippen MR) is 452 cm³/mol. The van der Waals surface area contributed by atoms with Gasteiger partial charge in [-0.1, -0.05) is 24.3 Å². The van der Waals surface area contributed by atoms with Crippen LogP contribution < -0.4 is 41.4 Å². The Hall–Kier alpha value is -12.3. The molecule has 11 aromatic rings. The fourth-order valence-electron chi connectivity index (χ4n) is 14.6. The van der Waals surface area contributed by atoms with Crippen LogP contribution in [0.2, 0.25) is 0 Å². The van der Waals surface area contributed by atoms with Crippen molar-refractivity contribution >= 4 is 96.9 Å². The summed E-state index contributed by atoms with van der Waals surface area (Å²) in [5.74, 6) is 0.658. The van der Waals surface area contributed by atoms with E-state index in [4.69, 9.17) is 40.9 Å². The number of aromatic nitrogens is 10. The molecule has 32 nitrogen and oxygen atoms in total. The number of benzene rings is 6. The fraction of sp³-hybridized carbons (Fsp3) is 0.412. The van der Waals surface area contributed by atoms with Crippen molar-refractivity contribution in [1.82, 2.24) is 94.4 Å². The number of primary amides is 1. The van der Waals surface area contributed by atoms with E-state index >= 15 is 0 Å². The van der Waals surface area contributed by atoms with Gasteiger partial charge in [0.05, 0.1) is 96.4 Å². The molecule has 2 aliphatic rings. The molecule has 32 heteroatoms. The Balaban J connectivity index is 0.550. The SMILES string of the molecule is CNCCCCN(CC(=O)N(CCN)CC(=O)N(CCCNC(=O)CCCOc1cccc(-c2nc3ccc(-c4nc5cc(N6CCN(C)CC6)ccc5[nH]4)cc3[nH]2)c1)CC(N)=O)C(=O)CN(C)C(=O)CN(CCCn1ccnc1)C(=O)CCCOc1cccc(-c2nc3ccc(-c4nc5cc(N6CCN(C)CC6)ccc5[nH]4)cc3[nH]2)c1. The highest BCUT2D eigenvalue weighted by Gasteiger charge is 2.29. The van der Waals surface area contributed by atoms with Crippen LogP contribution in [0, 0.1) is 0 Å². The quantitative estimate of drug-likeness (QED) is 0.0192. The van der Waals surface area contributed by atoms with E-state index in [1.807, 2.05) is 103 Å². The van der Waals surface area contributed by atoms with Gasteiger partial charge in [-0.15, -0.1) is 0 Å². The first-order valence-electron chi connectivity index (χ1n) is 40.4. The number of aryl methyl sites for hydroxylation is 1. The van der Waals surface area contributed by atoms with E-state index in [0.29, 0.717) is 68.3 Å². The van der Waals surface area contributed by atoms with Crippen LogP contribution in [0.5, 0.6) is 11.5 Å². The minimum absolute atomic E-state index is 0.0178. The third-order valence-corrected chi connectivity index (χ3v) is 21.4. The number of unbranched alkanes of at least 4 members (excludes halogenated alkanes) is 1. The molecule has 0 radical (unpaired) electrons. The molecule has 7 heterocycles. The molecule has 13 rings (SSSR count). The van der Waals surface area contributed by atoms with Gasteiger partial charge >= 0.3 is 0 Å². The first-order chi connectivity index (χ1) is 56.8. The molecular formula is C85H107N23O9. The van der Waals surface area contributed by atoms with Crippen LogP contribution in [0.1, 0.15) is 51.4 Å². The topological polar surface area (TPSA) is 376 Å². The number of carbonyl (C=O) groups is 7. The molecule has 2 saturated heterocycles. The van der Waals surface area contributed by atoms with Gasteiger partial charge in [0.2, 0.25) is 41.4 Å². The smallest absolute Gasteiger partial charge is 0.242 e. The Morgan fingerprint density at radius 2 is 0.949 bits per heavy atom. The van der Waals surface area contributed by atoms with Crippen LogP contribution in [0.4, 0.5) is 11.4 Å². The van der Waals surface area contributed by atoms with E-state index in [2.05, 4.69) is 106 Å². The Labute approximate surface area is 679 Å². The number of nitrogens with two attached hydrogens (primary N) is 2. The number of nitrogens with zero attached hydrogens (tertiary/aromatic N) is 15. The zero-order valence-electron chi connectivity index (χ0n) is 67.2. The van der Waals surface area contributed by atoms with Crippen LogP contribution in [-0.2, 0) is 40.1 Å². The lowest BCUT2D eigenvalue weighted by Crippen LogP contribution is -2.51. The molecule has 0 aliphatic carbocycles. The number of H-pyrrole nitrogens is 4. The third-order valence-electron chi connectivity index (χ3n) is 21.4. The lowest BCUT2D eigenvalue weighted by Gasteiger charge is -2.34. The number of anilines is 2. The summed E-state index contributed by atoms with van der Waals surface area (Å²) in [4.78, 5) is 150. The number of imidazole rings is 5. The summed E-state index contributed by atoms with van der Waals surface area (Å²) >= 11 is 0. The number of carbonyl (C=O) groups excluding carboxylic acids is 7. The van der Waals surface area contributed by atoms with Gasteiger partial charge in [-0.3, -0.25) is 33.6 Å². The van der Waals surface area contributed by atoms with Crippen molar-refractivity contribution in [3.05, 3.63) is 140 Å². The molecule has 6 aromatic carbocycles. The van der Waals surface area contributed by atoms with Crippen LogP contribution >= 0.6 is 0 Å². The first-order valence-corrected chi connectivity index (χ1v) is 40.4. The highest BCUT2D eigenvalue weighted by atomic mass is 16.5. The van der Waals surface area contributed by atoms with Gasteiger partial charge < -0.3 is 100 Å². The van der Waals surface area contributed by atoms with Crippen molar-refractivity contribution in [2.45, 2.75) is 57.9 Å². The van der Waals surface area contributed by atoms with Crippen molar-refractivity contribution in [3.8, 4) is 57.1 Å². The van der Waals surface area contributed by atoms with Crippen LogP contribution in [0.3, 0.4) is 0 Å². The van der Waals surface area contributed by atoms with Crippen molar-refractivity contribution in [1.29, 1.82) is 0 Å². The molecule has 0 bridgehead atoms. The summed E-state index contributed by atoms with van der Waals surface area (Å²) < 4.78 is 14.2. The Morgan fingerprint density at radius 3 is 1.48 bits per heavy atom. The molecule has 0 saturated carbocycles. The highest BCUT2D eigenvalue weighted by molar-refractivity contribution is 5.93. The number of hydrogen-bond acceptors (Lipinski definition) is 20. The van der Waals surface area contributed by atoms with Crippen molar-refractivity contribution in [2.24, 2.45) is 11.5 Å². The van der Waals surface area contributed by atoms with E-state index < -0.39 is 55.7 Å². The Morgan fingerprint density at radius 1 is 0.470 bits per heavy atom. The van der Waals surface area contributed by atoms with Crippen LogP contribution in [0.15, 0.2) is 140 Å². The zero-order chi connectivity index (χ0) is 81.7. The largest absolute Gasteiger partial charge is 0.494 e. The number of piperazine rings is 2. The fourth-order valence-corrected chi connectivity index (χ4v) is 14.6. The summed E-state index contributed by atoms with van der Waals surface area (Å²) in [6.07, 6.45) is 8.15. The zero-order valence-corrected chi connectivity index (χ0v) is 67.2. The molecule has 0 atom stereocenters. The van der Waals surface area contributed by atoms with Gasteiger partial charge in [0.15, 0.2) is 0 Å². The van der Waals surface area contributed by atoms with Gasteiger partial charge in [0.1, 0.15) is 34.8 Å². The van der Waals surface area contributed by atoms with Gasteiger partial charge in [-0.05, 0) is 163 Å². The van der Waals surface area contributed by atoms with Crippen LogP contribution in [0.25, 0.3) is 89.7 Å². The number of hydrogen-bond donors (Lipinski definition) is 8. The summed E-state index contributed by atoms with van der Waals surface area (Å²) in [6.45, 7) is 8.17. The minimum Gasteiger partial charge on any atom is -0.494 e. The molecule has 2 aliphatic heterocycles. The number of ether oxygens (including phenoxy) is 2. The van der Waals surface area contributed by atoms with E-state index in [9.17, 15) is 33.6 Å². The maximum absolute atomic E-state index is 14.3. The van der Waals surface area contributed by atoms with Crippen molar-refractivity contribution in [2.75, 3.05) is 182 Å². The summed E-state index contributed by atoms with van der Waals surface area (Å²) in [6, 6.07) is 40.1. The van der Waals surface area contributed by atoms with Gasteiger partial charge in [-0.2, -0.15) is 0 Å². The van der Waals surface area contributed by atoms with E-state index in [1.54, 1.807) is 12.5 Å². The van der Waals surface area contributed by atoms with E-state index in [-0.39, 0.29) is 90.1 Å². The summed E-state index contributed by atoms with van der Waals surface area (Å²) in [7, 11) is 7.60. The van der Waals surface area contributed by atoms with Crippen molar-refractivity contribution in [3.63, 3.8) is 0 Å². The molecule has 5 aromatic heterocycles. The molecule has 0 unspecified atom stereocenters. The maximum atomic E-state index is 14.3. The number of likely N-dealkylation sites (N-methyl/N-ethyl adjacent to an activating group) is 3. The lowest BCUT2D eigenvalue weighted by atomic mass is 10.2. The first kappa shape index (κ1) is 82.7. The standard InChI is InChI=1S/C85H107N23O9/c1-88-28-5-6-32-107(79(113)54-101(4)78(112)55-106(34-12-31-102-36-30-89-58-102)77(111)18-10-46-117-66-16-8-14-60(48-66)83-92-68-24-20-62(50-72(68)96-83)85-94-70-26-22-64(52-74(70)98-85)104-43-39-100(3)40-44-104)56-81(115)108(35-27-86)57-80(114)105(53-75(87)109)33-11-29-90-76(110)17-9-45-116-65-15-7-13-59(47-65)82-91-67-23-19-61(49-71(67)95-82)84-93-69-25-21-63(51-73(69)97-84)103-41-37-99(2)38-42-103/h7-8,13-16,19-26,30,36,47-52,58,88H,5-6,9-12,17-18,27-29,31-35,37-46,53-57,86H2,1-4H3,(H2,87,109)(H,90,110)(H,91,95)(H,92,96)(H,93,97)(H,94,98). The molecule has 0 spiro atoms. The lowest BCUT2D eigenvalue weighted by molar-refractivity contribution is -0.147. The predicted octanol–water partition coefficient (Wildman–Crippen LogP) is 6.39. The average molecular weight is 1590 g/mol. The highest BCUT2D eigenvalue weighted by Crippen LogP contribution is 2.33. The minimum atomic E-state index is -0.773. The van der Waals surface area contributed by atoms with Crippen LogP contribution in [-0.4, -0.2) is 297 Å². The van der Waals surface area contributed by atoms with E-state index in [0.717, 1.165) is 130 Å². The maximum Gasteiger partial charge on any atom is 0.242 e. The molecule has 2 fully saturated rings. The number of nitrogens with one attached hydrogen (secondary N) is 6. The van der Waals surface area contributed by atoms with Gasteiger partial charge in [-0.25, -0.2) is 24.9 Å². The molecule has 117 heavy (non-hydrogen) atoms. The number of fused-ring (bicyclic) bond motifs is 4. The summed E-state index contributed by atoms with van der Waals surface area (Å²) in [5, 5.41) is 5.97. The second kappa shape index (κ2) is 39.9. The second-order valence-corrected chi connectivity index (χ2v) is 30.2. The molecular weight excluding hydrogens is 1490 g/mol. The second-order valence-electron chi connectivity index (χ2n) is 30.2. The third kappa shape index (κ3) is 22.4.